The fourth-order valence-electron chi connectivity index (χ4n) is 5.32. The molecule has 0 amide bonds. The molecule has 0 radical (unpaired) electrons. The van der Waals surface area contributed by atoms with Crippen LogP contribution in [-0.4, -0.2) is 7.11 Å². The number of benzene rings is 5. The Kier molecular flexibility index (Phi) is 5.69. The van der Waals surface area contributed by atoms with Crippen LogP contribution in [0.5, 0.6) is 5.75 Å². The number of rotatable bonds is 5. The molecule has 2 heterocycles. The molecule has 4 heteroatoms. The summed E-state index contributed by atoms with van der Waals surface area (Å²) in [6.45, 7) is 0. The summed E-state index contributed by atoms with van der Waals surface area (Å²) in [6.07, 6.45) is 0. The highest BCUT2D eigenvalue weighted by atomic mass is 16.5. The summed E-state index contributed by atoms with van der Waals surface area (Å²) in [4.78, 5) is 0. The van der Waals surface area contributed by atoms with E-state index in [0.717, 1.165) is 72.6 Å². The summed E-state index contributed by atoms with van der Waals surface area (Å²) >= 11 is 0. The van der Waals surface area contributed by atoms with Crippen molar-refractivity contribution in [3.8, 4) is 56.7 Å². The van der Waals surface area contributed by atoms with Crippen LogP contribution in [0.4, 0.5) is 0 Å². The molecule has 0 saturated carbocycles. The van der Waals surface area contributed by atoms with Gasteiger partial charge in [0.25, 0.3) is 0 Å². The van der Waals surface area contributed by atoms with Crippen molar-refractivity contribution in [2.75, 3.05) is 7.11 Å². The van der Waals surface area contributed by atoms with Crippen LogP contribution in [0.1, 0.15) is 5.56 Å². The van der Waals surface area contributed by atoms with E-state index >= 15 is 0 Å². The number of furan rings is 2. The Morgan fingerprint density at radius 3 is 1.48 bits per heavy atom. The van der Waals surface area contributed by atoms with Crippen molar-refractivity contribution >= 4 is 21.9 Å². The number of hydrogen-bond donors (Lipinski definition) is 0. The number of fused-ring (bicyclic) bond motifs is 2. The van der Waals surface area contributed by atoms with Gasteiger partial charge < -0.3 is 13.6 Å². The maximum atomic E-state index is 9.29. The molecule has 40 heavy (non-hydrogen) atoms. The largest absolute Gasteiger partial charge is 0.497 e. The fraction of sp³-hybridized carbons (Fsp3) is 0.0278. The van der Waals surface area contributed by atoms with E-state index in [9.17, 15) is 5.26 Å². The van der Waals surface area contributed by atoms with E-state index in [0.29, 0.717) is 5.56 Å². The Labute approximate surface area is 231 Å². The van der Waals surface area contributed by atoms with E-state index in [4.69, 9.17) is 13.6 Å². The Bertz CT molecular complexity index is 2010. The van der Waals surface area contributed by atoms with Crippen molar-refractivity contribution in [2.24, 2.45) is 0 Å². The lowest BCUT2D eigenvalue weighted by Crippen LogP contribution is -1.84. The van der Waals surface area contributed by atoms with E-state index in [2.05, 4.69) is 36.4 Å². The average molecular weight is 518 g/mol. The molecule has 0 unspecified atom stereocenters. The zero-order valence-electron chi connectivity index (χ0n) is 21.7. The molecule has 0 N–H and O–H groups in total. The molecule has 7 aromatic rings. The van der Waals surface area contributed by atoms with Gasteiger partial charge in [0.2, 0.25) is 0 Å². The van der Waals surface area contributed by atoms with Gasteiger partial charge >= 0.3 is 0 Å². The first-order chi connectivity index (χ1) is 19.7. The first-order valence-corrected chi connectivity index (χ1v) is 13.0. The van der Waals surface area contributed by atoms with Gasteiger partial charge in [-0.2, -0.15) is 5.26 Å². The van der Waals surface area contributed by atoms with Crippen molar-refractivity contribution in [3.63, 3.8) is 0 Å². The summed E-state index contributed by atoms with van der Waals surface area (Å²) in [5.74, 6) is 2.35. The summed E-state index contributed by atoms with van der Waals surface area (Å²) < 4.78 is 18.5. The molecular formula is C36H23NO3. The highest BCUT2D eigenvalue weighted by Crippen LogP contribution is 2.47. The number of nitriles is 1. The number of nitrogens with zero attached hydrogens (tertiary/aromatic N) is 1. The van der Waals surface area contributed by atoms with Gasteiger partial charge in [0.1, 0.15) is 28.4 Å². The van der Waals surface area contributed by atoms with Gasteiger partial charge in [0.05, 0.1) is 18.7 Å². The summed E-state index contributed by atoms with van der Waals surface area (Å²) in [5.41, 5.74) is 8.14. The molecule has 0 aliphatic heterocycles. The second-order valence-corrected chi connectivity index (χ2v) is 9.61. The minimum absolute atomic E-state index is 0.609. The summed E-state index contributed by atoms with van der Waals surface area (Å²) in [5, 5.41) is 11.3. The molecule has 5 aromatic carbocycles. The van der Waals surface area contributed by atoms with Gasteiger partial charge in [0, 0.05) is 39.1 Å². The van der Waals surface area contributed by atoms with Crippen molar-refractivity contribution in [1.29, 1.82) is 5.26 Å². The lowest BCUT2D eigenvalue weighted by molar-refractivity contribution is 0.415. The summed E-state index contributed by atoms with van der Waals surface area (Å²) in [7, 11) is 1.66. The molecule has 0 fully saturated rings. The van der Waals surface area contributed by atoms with Gasteiger partial charge in [-0.15, -0.1) is 0 Å². The lowest BCUT2D eigenvalue weighted by Gasteiger charge is -2.06. The topological polar surface area (TPSA) is 59.3 Å². The first kappa shape index (κ1) is 23.6. The van der Waals surface area contributed by atoms with Gasteiger partial charge in [0.15, 0.2) is 0 Å². The molecule has 0 saturated heterocycles. The maximum absolute atomic E-state index is 9.29. The van der Waals surface area contributed by atoms with E-state index in [-0.39, 0.29) is 0 Å². The lowest BCUT2D eigenvalue weighted by atomic mass is 9.95. The SMILES string of the molecule is COc1ccc(-c2oc3cc4oc(-c5ccc(C#N)cc5)c(-c5ccccc5)c4cc3c2-c2ccccc2)cc1. The first-order valence-electron chi connectivity index (χ1n) is 13.0. The predicted octanol–water partition coefficient (Wildman–Crippen LogP) is 9.73. The quantitative estimate of drug-likeness (QED) is 0.228. The number of methoxy groups -OCH3 is 1. The smallest absolute Gasteiger partial charge is 0.143 e. The van der Waals surface area contributed by atoms with Crippen LogP contribution < -0.4 is 4.74 Å². The Morgan fingerprint density at radius 1 is 0.550 bits per heavy atom. The van der Waals surface area contributed by atoms with Crippen LogP contribution >= 0.6 is 0 Å². The van der Waals surface area contributed by atoms with Gasteiger partial charge in [-0.1, -0.05) is 60.7 Å². The minimum atomic E-state index is 0.609. The molecule has 0 bridgehead atoms. The summed E-state index contributed by atoms with van der Waals surface area (Å²) in [6, 6.07) is 42.4. The number of ether oxygens (including phenoxy) is 1. The van der Waals surface area contributed by atoms with Crippen molar-refractivity contribution in [2.45, 2.75) is 0 Å². The van der Waals surface area contributed by atoms with E-state index in [1.54, 1.807) is 7.11 Å². The Balaban J connectivity index is 1.53. The average Bonchev–Trinajstić information content (AvgIpc) is 3.59. The highest BCUT2D eigenvalue weighted by Gasteiger charge is 2.23. The zero-order chi connectivity index (χ0) is 27.1. The molecule has 0 spiro atoms. The Morgan fingerprint density at radius 2 is 1.02 bits per heavy atom. The third-order valence-electron chi connectivity index (χ3n) is 7.25. The van der Waals surface area contributed by atoms with Gasteiger partial charge in [-0.25, -0.2) is 0 Å². The van der Waals surface area contributed by atoms with Crippen LogP contribution in [0, 0.1) is 11.3 Å². The molecule has 2 aromatic heterocycles. The zero-order valence-corrected chi connectivity index (χ0v) is 21.7. The van der Waals surface area contributed by atoms with Crippen molar-refractivity contribution < 1.29 is 13.6 Å². The number of hydrogen-bond acceptors (Lipinski definition) is 4. The molecule has 0 aliphatic carbocycles. The van der Waals surface area contributed by atoms with Gasteiger partial charge in [-0.3, -0.25) is 0 Å². The molecular weight excluding hydrogens is 494 g/mol. The van der Waals surface area contributed by atoms with Crippen LogP contribution in [0.15, 0.2) is 130 Å². The molecule has 0 aliphatic rings. The Hall–Kier alpha value is -5.53. The van der Waals surface area contributed by atoms with Crippen LogP contribution in [0.3, 0.4) is 0 Å². The standard InChI is InChI=1S/C36H23NO3/c1-38-28-18-16-27(17-19-28)36-34(25-10-6-3-7-11-25)30-20-29-31(21-32(30)40-36)39-35(26-14-12-23(22-37)13-15-26)33(29)24-8-4-2-5-9-24/h2-21H,1H3. The molecule has 7 rings (SSSR count). The van der Waals surface area contributed by atoms with E-state index in [1.807, 2.05) is 91.0 Å². The second-order valence-electron chi connectivity index (χ2n) is 9.61. The molecule has 0 atom stereocenters. The molecule has 190 valence electrons. The highest BCUT2D eigenvalue weighted by molar-refractivity contribution is 6.11. The maximum Gasteiger partial charge on any atom is 0.143 e. The molecule has 4 nitrogen and oxygen atoms in total. The van der Waals surface area contributed by atoms with E-state index in [1.165, 1.54) is 0 Å². The third kappa shape index (κ3) is 3.93. The van der Waals surface area contributed by atoms with Crippen LogP contribution in [-0.2, 0) is 0 Å². The monoisotopic (exact) mass is 517 g/mol. The normalized spacial score (nSPS) is 11.1. The van der Waals surface area contributed by atoms with Crippen molar-refractivity contribution in [3.05, 3.63) is 127 Å². The third-order valence-corrected chi connectivity index (χ3v) is 7.25. The fourth-order valence-corrected chi connectivity index (χ4v) is 5.32. The second kappa shape index (κ2) is 9.65. The van der Waals surface area contributed by atoms with Crippen LogP contribution in [0.2, 0.25) is 0 Å². The van der Waals surface area contributed by atoms with Crippen molar-refractivity contribution in [1.82, 2.24) is 0 Å². The predicted molar refractivity (Wildman–Crippen MR) is 159 cm³/mol. The van der Waals surface area contributed by atoms with Crippen LogP contribution in [0.25, 0.3) is 66.8 Å². The van der Waals surface area contributed by atoms with E-state index < -0.39 is 0 Å². The van der Waals surface area contributed by atoms with Gasteiger partial charge in [-0.05, 0) is 65.7 Å². The minimum Gasteiger partial charge on any atom is -0.497 e.